The van der Waals surface area contributed by atoms with Crippen molar-refractivity contribution in [3.05, 3.63) is 79.4 Å². The lowest BCUT2D eigenvalue weighted by molar-refractivity contribution is 0.402. The van der Waals surface area contributed by atoms with Gasteiger partial charge in [0.25, 0.3) is 0 Å². The number of aryl methyl sites for hydroxylation is 1. The van der Waals surface area contributed by atoms with E-state index in [1.165, 1.54) is 13.2 Å². The molecule has 0 fully saturated rings. The lowest BCUT2D eigenvalue weighted by Gasteiger charge is -2.17. The molecule has 3 rings (SSSR count). The van der Waals surface area contributed by atoms with Crippen LogP contribution in [0.2, 0.25) is 5.02 Å². The summed E-state index contributed by atoms with van der Waals surface area (Å²) in [4.78, 5) is 16.3. The fourth-order valence-corrected chi connectivity index (χ4v) is 3.38. The van der Waals surface area contributed by atoms with E-state index in [4.69, 9.17) is 16.3 Å². The lowest BCUT2D eigenvalue weighted by Crippen LogP contribution is -2.19. The Balaban J connectivity index is 2.03. The van der Waals surface area contributed by atoms with Gasteiger partial charge in [-0.25, -0.2) is 4.39 Å². The molecule has 0 spiro atoms. The minimum Gasteiger partial charge on any atom is -0.490 e. The summed E-state index contributed by atoms with van der Waals surface area (Å²) in [6.45, 7) is 2.37. The number of halogens is 3. The molecule has 3 aromatic rings. The molecule has 0 aliphatic rings. The zero-order valence-electron chi connectivity index (χ0n) is 15.3. The quantitative estimate of drug-likeness (QED) is 0.545. The van der Waals surface area contributed by atoms with Crippen molar-refractivity contribution in [2.45, 2.75) is 19.9 Å². The number of nitrogens with zero attached hydrogens (tertiary/aromatic N) is 2. The van der Waals surface area contributed by atoms with E-state index in [9.17, 15) is 9.18 Å². The first-order chi connectivity index (χ1) is 13.4. The summed E-state index contributed by atoms with van der Waals surface area (Å²) >= 11 is 9.36. The molecule has 0 radical (unpaired) electrons. The Morgan fingerprint density at radius 3 is 2.75 bits per heavy atom. The predicted molar refractivity (Wildman–Crippen MR) is 112 cm³/mol. The van der Waals surface area contributed by atoms with Crippen LogP contribution in [0.15, 0.2) is 51.9 Å². The minimum atomic E-state index is -0.484. The smallest absolute Gasteiger partial charge is 0.316 e. The molecule has 0 unspecified atom stereocenters. The number of rotatable bonds is 6. The number of anilines is 2. The second-order valence-electron chi connectivity index (χ2n) is 6.09. The van der Waals surface area contributed by atoms with E-state index in [1.807, 2.05) is 25.1 Å². The SMILES string of the molecule is CCc1cc(Br)ccc1Nc1nc(=O)c(OC)cn1Cc1ccc(F)c(Cl)c1. The molecule has 0 aliphatic carbocycles. The maximum absolute atomic E-state index is 13.5. The molecule has 0 saturated carbocycles. The molecule has 28 heavy (non-hydrogen) atoms. The summed E-state index contributed by atoms with van der Waals surface area (Å²) in [7, 11) is 1.41. The number of nitrogens with one attached hydrogen (secondary N) is 1. The maximum atomic E-state index is 13.5. The first-order valence-corrected chi connectivity index (χ1v) is 9.73. The summed E-state index contributed by atoms with van der Waals surface area (Å²) in [5.41, 5.74) is 2.19. The van der Waals surface area contributed by atoms with Crippen LogP contribution in [-0.4, -0.2) is 16.7 Å². The predicted octanol–water partition coefficient (Wildman–Crippen LogP) is 5.16. The van der Waals surface area contributed by atoms with Crippen LogP contribution in [0, 0.1) is 5.82 Å². The third-order valence-electron chi connectivity index (χ3n) is 4.21. The zero-order chi connectivity index (χ0) is 20.3. The number of benzene rings is 2. The van der Waals surface area contributed by atoms with Crippen molar-refractivity contribution in [1.82, 2.24) is 9.55 Å². The third-order valence-corrected chi connectivity index (χ3v) is 5.00. The standard InChI is InChI=1S/C20H18BrClFN3O2/c1-3-13-9-14(21)5-7-17(13)24-20-25-19(27)18(28-2)11-26(20)10-12-4-6-16(23)15(22)8-12/h4-9,11H,3,10H2,1-2H3,(H,24,25,27). The molecule has 0 amide bonds. The number of methoxy groups -OCH3 is 1. The average Bonchev–Trinajstić information content (AvgIpc) is 2.68. The molecule has 1 N–H and O–H groups in total. The number of aromatic nitrogens is 2. The van der Waals surface area contributed by atoms with Crippen LogP contribution in [0.4, 0.5) is 16.0 Å². The first kappa shape index (κ1) is 20.4. The van der Waals surface area contributed by atoms with Crippen LogP contribution in [-0.2, 0) is 13.0 Å². The van der Waals surface area contributed by atoms with Crippen LogP contribution in [0.25, 0.3) is 0 Å². The fraction of sp³-hybridized carbons (Fsp3) is 0.200. The molecule has 5 nitrogen and oxygen atoms in total. The van der Waals surface area contributed by atoms with Crippen LogP contribution < -0.4 is 15.6 Å². The van der Waals surface area contributed by atoms with Gasteiger partial charge in [-0.15, -0.1) is 0 Å². The lowest BCUT2D eigenvalue weighted by atomic mass is 10.1. The summed E-state index contributed by atoms with van der Waals surface area (Å²) in [6, 6.07) is 10.3. The molecule has 1 heterocycles. The van der Waals surface area contributed by atoms with Crippen molar-refractivity contribution < 1.29 is 9.13 Å². The normalized spacial score (nSPS) is 10.8. The summed E-state index contributed by atoms with van der Waals surface area (Å²) in [5.74, 6) is -0.0182. The first-order valence-electron chi connectivity index (χ1n) is 8.56. The van der Waals surface area contributed by atoms with Crippen molar-refractivity contribution in [2.24, 2.45) is 0 Å². The van der Waals surface area contributed by atoms with Gasteiger partial charge in [-0.3, -0.25) is 4.79 Å². The molecule has 0 saturated heterocycles. The highest BCUT2D eigenvalue weighted by molar-refractivity contribution is 9.10. The number of ether oxygens (including phenoxy) is 1. The van der Waals surface area contributed by atoms with Gasteiger partial charge in [-0.1, -0.05) is 40.5 Å². The van der Waals surface area contributed by atoms with Crippen molar-refractivity contribution in [3.8, 4) is 5.75 Å². The van der Waals surface area contributed by atoms with E-state index in [-0.39, 0.29) is 10.8 Å². The monoisotopic (exact) mass is 465 g/mol. The Labute approximate surface area is 175 Å². The van der Waals surface area contributed by atoms with Gasteiger partial charge in [0, 0.05) is 10.2 Å². The second-order valence-corrected chi connectivity index (χ2v) is 7.42. The highest BCUT2D eigenvalue weighted by atomic mass is 79.9. The van der Waals surface area contributed by atoms with Crippen LogP contribution in [0.1, 0.15) is 18.1 Å². The van der Waals surface area contributed by atoms with Crippen LogP contribution in [0.3, 0.4) is 0 Å². The molecular weight excluding hydrogens is 449 g/mol. The van der Waals surface area contributed by atoms with E-state index in [0.29, 0.717) is 12.5 Å². The summed E-state index contributed by atoms with van der Waals surface area (Å²) < 4.78 is 21.3. The van der Waals surface area contributed by atoms with Crippen molar-refractivity contribution in [2.75, 3.05) is 12.4 Å². The van der Waals surface area contributed by atoms with E-state index in [2.05, 4.69) is 26.2 Å². The third kappa shape index (κ3) is 4.54. The fourth-order valence-electron chi connectivity index (χ4n) is 2.77. The van der Waals surface area contributed by atoms with Gasteiger partial charge in [0.05, 0.1) is 24.9 Å². The van der Waals surface area contributed by atoms with Gasteiger partial charge >= 0.3 is 5.56 Å². The van der Waals surface area contributed by atoms with Gasteiger partial charge in [0.1, 0.15) is 5.82 Å². The highest BCUT2D eigenvalue weighted by Gasteiger charge is 2.12. The largest absolute Gasteiger partial charge is 0.490 e. The highest BCUT2D eigenvalue weighted by Crippen LogP contribution is 2.25. The molecule has 0 atom stereocenters. The van der Waals surface area contributed by atoms with Gasteiger partial charge in [-0.2, -0.15) is 4.98 Å². The second kappa shape index (κ2) is 8.75. The number of hydrogen-bond donors (Lipinski definition) is 1. The molecular formula is C20H18BrClFN3O2. The topological polar surface area (TPSA) is 56.1 Å². The van der Waals surface area contributed by atoms with E-state index >= 15 is 0 Å². The average molecular weight is 467 g/mol. The van der Waals surface area contributed by atoms with Gasteiger partial charge in [0.15, 0.2) is 0 Å². The zero-order valence-corrected chi connectivity index (χ0v) is 17.6. The Kier molecular flexibility index (Phi) is 6.36. The maximum Gasteiger partial charge on any atom is 0.316 e. The summed E-state index contributed by atoms with van der Waals surface area (Å²) in [6.07, 6.45) is 2.37. The van der Waals surface area contributed by atoms with Gasteiger partial charge in [-0.05, 0) is 47.9 Å². The van der Waals surface area contributed by atoms with E-state index in [1.54, 1.807) is 22.9 Å². The molecule has 146 valence electrons. The van der Waals surface area contributed by atoms with E-state index in [0.717, 1.165) is 27.7 Å². The number of hydrogen-bond acceptors (Lipinski definition) is 4. The van der Waals surface area contributed by atoms with E-state index < -0.39 is 11.4 Å². The van der Waals surface area contributed by atoms with Crippen LogP contribution >= 0.6 is 27.5 Å². The Bertz CT molecular complexity index is 1070. The van der Waals surface area contributed by atoms with Crippen molar-refractivity contribution in [1.29, 1.82) is 0 Å². The van der Waals surface area contributed by atoms with Gasteiger partial charge < -0.3 is 14.6 Å². The van der Waals surface area contributed by atoms with Crippen molar-refractivity contribution >= 4 is 39.2 Å². The van der Waals surface area contributed by atoms with Crippen LogP contribution in [0.5, 0.6) is 5.75 Å². The molecule has 1 aromatic heterocycles. The van der Waals surface area contributed by atoms with Gasteiger partial charge in [0.2, 0.25) is 11.7 Å². The Hall–Kier alpha value is -2.38. The molecule has 8 heteroatoms. The Morgan fingerprint density at radius 1 is 1.29 bits per heavy atom. The molecule has 0 aliphatic heterocycles. The van der Waals surface area contributed by atoms with Crippen molar-refractivity contribution in [3.63, 3.8) is 0 Å². The molecule has 0 bridgehead atoms. The molecule has 2 aromatic carbocycles. The summed E-state index contributed by atoms with van der Waals surface area (Å²) in [5, 5.41) is 3.26. The Morgan fingerprint density at radius 2 is 2.07 bits per heavy atom. The minimum absolute atomic E-state index is 0.0363.